The molecule has 0 fully saturated rings. The van der Waals surface area contributed by atoms with Gasteiger partial charge in [0.2, 0.25) is 0 Å². The van der Waals surface area contributed by atoms with Gasteiger partial charge in [0.15, 0.2) is 0 Å². The molecule has 19 heavy (non-hydrogen) atoms. The summed E-state index contributed by atoms with van der Waals surface area (Å²) in [5.41, 5.74) is 5.06. The number of hydrogen-bond acceptors (Lipinski definition) is 2. The predicted octanol–water partition coefficient (Wildman–Crippen LogP) is 4.50. The molecule has 0 unspecified atom stereocenters. The van der Waals surface area contributed by atoms with Crippen LogP contribution >= 0.6 is 0 Å². The zero-order valence-corrected chi connectivity index (χ0v) is 13.0. The van der Waals surface area contributed by atoms with Gasteiger partial charge in [0.25, 0.3) is 0 Å². The minimum absolute atomic E-state index is 0.106. The van der Waals surface area contributed by atoms with Crippen molar-refractivity contribution in [1.82, 2.24) is 5.32 Å². The smallest absolute Gasteiger partial charge is 0.137 e. The maximum absolute atomic E-state index is 6.13. The Morgan fingerprint density at radius 2 is 1.84 bits per heavy atom. The monoisotopic (exact) mass is 259 g/mol. The third kappa shape index (κ3) is 2.84. The molecule has 0 saturated carbocycles. The van der Waals surface area contributed by atoms with Crippen LogP contribution in [0.2, 0.25) is 0 Å². The summed E-state index contributed by atoms with van der Waals surface area (Å²) in [5.74, 6) is 1.08. The van der Waals surface area contributed by atoms with Crippen LogP contribution in [0.4, 0.5) is 0 Å². The first-order chi connectivity index (χ1) is 8.83. The Morgan fingerprint density at radius 3 is 2.42 bits per heavy atom. The lowest BCUT2D eigenvalue weighted by molar-refractivity contribution is 0.393. The van der Waals surface area contributed by atoms with Gasteiger partial charge in [0, 0.05) is 16.5 Å². The fourth-order valence-electron chi connectivity index (χ4n) is 2.37. The molecule has 104 valence electrons. The first kappa shape index (κ1) is 14.1. The quantitative estimate of drug-likeness (QED) is 0.878. The van der Waals surface area contributed by atoms with Crippen LogP contribution in [-0.2, 0) is 13.0 Å². The van der Waals surface area contributed by atoms with Crippen molar-refractivity contribution in [1.29, 1.82) is 0 Å². The van der Waals surface area contributed by atoms with Crippen LogP contribution in [0.15, 0.2) is 16.5 Å². The van der Waals surface area contributed by atoms with Gasteiger partial charge in [-0.05, 0) is 52.2 Å². The second kappa shape index (κ2) is 5.01. The number of aryl methyl sites for hydroxylation is 3. The SMILES string of the molecule is CCc1c(CNC(C)(C)C)oc2c(C)c(C)ccc12. The van der Waals surface area contributed by atoms with Gasteiger partial charge < -0.3 is 9.73 Å². The zero-order valence-electron chi connectivity index (χ0n) is 13.0. The summed E-state index contributed by atoms with van der Waals surface area (Å²) in [6.45, 7) is 13.8. The van der Waals surface area contributed by atoms with E-state index in [1.807, 2.05) is 0 Å². The van der Waals surface area contributed by atoms with Crippen molar-refractivity contribution in [3.8, 4) is 0 Å². The molecule has 0 amide bonds. The Hall–Kier alpha value is -1.28. The summed E-state index contributed by atoms with van der Waals surface area (Å²) in [4.78, 5) is 0. The molecule has 0 spiro atoms. The third-order valence-electron chi connectivity index (χ3n) is 3.70. The number of hydrogen-bond donors (Lipinski definition) is 1. The van der Waals surface area contributed by atoms with E-state index in [0.717, 1.165) is 24.3 Å². The van der Waals surface area contributed by atoms with E-state index < -0.39 is 0 Å². The molecule has 0 aliphatic heterocycles. The molecule has 0 saturated heterocycles. The van der Waals surface area contributed by atoms with Crippen molar-refractivity contribution < 1.29 is 4.42 Å². The van der Waals surface area contributed by atoms with Crippen LogP contribution in [0.25, 0.3) is 11.0 Å². The van der Waals surface area contributed by atoms with E-state index in [-0.39, 0.29) is 5.54 Å². The van der Waals surface area contributed by atoms with Crippen LogP contribution < -0.4 is 5.32 Å². The molecule has 2 heteroatoms. The molecular weight excluding hydrogens is 234 g/mol. The van der Waals surface area contributed by atoms with E-state index in [2.05, 4.69) is 59.0 Å². The fourth-order valence-corrected chi connectivity index (χ4v) is 2.37. The zero-order chi connectivity index (χ0) is 14.2. The van der Waals surface area contributed by atoms with Gasteiger partial charge in [-0.15, -0.1) is 0 Å². The normalized spacial score (nSPS) is 12.3. The van der Waals surface area contributed by atoms with Crippen molar-refractivity contribution in [2.75, 3.05) is 0 Å². The minimum Gasteiger partial charge on any atom is -0.459 e. The lowest BCUT2D eigenvalue weighted by Gasteiger charge is -2.19. The summed E-state index contributed by atoms with van der Waals surface area (Å²) >= 11 is 0. The molecule has 2 rings (SSSR count). The van der Waals surface area contributed by atoms with Crippen LogP contribution in [0, 0.1) is 13.8 Å². The molecule has 1 heterocycles. The summed E-state index contributed by atoms with van der Waals surface area (Å²) in [7, 11) is 0. The number of rotatable bonds is 3. The standard InChI is InChI=1S/C17H25NO/c1-7-13-14-9-8-11(2)12(3)16(14)19-15(13)10-18-17(4,5)6/h8-9,18H,7,10H2,1-6H3. The maximum atomic E-state index is 6.13. The number of furan rings is 1. The Balaban J connectivity index is 2.47. The van der Waals surface area contributed by atoms with Gasteiger partial charge in [-0.1, -0.05) is 19.1 Å². The topological polar surface area (TPSA) is 25.2 Å². The molecule has 0 bridgehead atoms. The molecule has 0 radical (unpaired) electrons. The predicted molar refractivity (Wildman–Crippen MR) is 81.7 cm³/mol. The Labute approximate surface area is 116 Å². The van der Waals surface area contributed by atoms with Crippen molar-refractivity contribution >= 4 is 11.0 Å². The summed E-state index contributed by atoms with van der Waals surface area (Å²) in [5, 5.41) is 4.79. The largest absolute Gasteiger partial charge is 0.459 e. The second-order valence-corrected chi connectivity index (χ2v) is 6.35. The van der Waals surface area contributed by atoms with E-state index in [9.17, 15) is 0 Å². The van der Waals surface area contributed by atoms with E-state index in [4.69, 9.17) is 4.42 Å². The lowest BCUT2D eigenvalue weighted by Crippen LogP contribution is -2.35. The fraction of sp³-hybridized carbons (Fsp3) is 0.529. The number of benzene rings is 1. The molecule has 1 N–H and O–H groups in total. The van der Waals surface area contributed by atoms with Gasteiger partial charge in [0.05, 0.1) is 6.54 Å². The van der Waals surface area contributed by atoms with Crippen LogP contribution in [0.3, 0.4) is 0 Å². The Bertz CT molecular complexity index is 587. The molecule has 2 aromatic rings. The highest BCUT2D eigenvalue weighted by Gasteiger charge is 2.17. The first-order valence-electron chi connectivity index (χ1n) is 7.09. The molecule has 0 aliphatic carbocycles. The average Bonchev–Trinajstić information content (AvgIpc) is 2.69. The Morgan fingerprint density at radius 1 is 1.16 bits per heavy atom. The van der Waals surface area contributed by atoms with Crippen molar-refractivity contribution in [2.45, 2.75) is 60.0 Å². The Kier molecular flexibility index (Phi) is 3.73. The van der Waals surface area contributed by atoms with Crippen molar-refractivity contribution in [3.63, 3.8) is 0 Å². The first-order valence-corrected chi connectivity index (χ1v) is 7.09. The third-order valence-corrected chi connectivity index (χ3v) is 3.70. The van der Waals surface area contributed by atoms with E-state index in [1.54, 1.807) is 0 Å². The molecule has 1 aromatic heterocycles. The van der Waals surface area contributed by atoms with E-state index in [0.29, 0.717) is 0 Å². The van der Waals surface area contributed by atoms with Gasteiger partial charge in [0.1, 0.15) is 11.3 Å². The second-order valence-electron chi connectivity index (χ2n) is 6.35. The number of nitrogens with one attached hydrogen (secondary N) is 1. The highest BCUT2D eigenvalue weighted by molar-refractivity contribution is 5.85. The van der Waals surface area contributed by atoms with Crippen LogP contribution in [0.5, 0.6) is 0 Å². The van der Waals surface area contributed by atoms with Crippen molar-refractivity contribution in [2.24, 2.45) is 0 Å². The minimum atomic E-state index is 0.106. The average molecular weight is 259 g/mol. The van der Waals surface area contributed by atoms with Crippen LogP contribution in [-0.4, -0.2) is 5.54 Å². The summed E-state index contributed by atoms with van der Waals surface area (Å²) in [6.07, 6.45) is 1.01. The maximum Gasteiger partial charge on any atom is 0.137 e. The highest BCUT2D eigenvalue weighted by atomic mass is 16.3. The van der Waals surface area contributed by atoms with Gasteiger partial charge in [-0.3, -0.25) is 0 Å². The molecular formula is C17H25NO. The van der Waals surface area contributed by atoms with Gasteiger partial charge >= 0.3 is 0 Å². The summed E-state index contributed by atoms with van der Waals surface area (Å²) in [6, 6.07) is 4.38. The van der Waals surface area contributed by atoms with E-state index >= 15 is 0 Å². The summed E-state index contributed by atoms with van der Waals surface area (Å²) < 4.78 is 6.13. The van der Waals surface area contributed by atoms with Crippen LogP contribution in [0.1, 0.15) is 50.1 Å². The van der Waals surface area contributed by atoms with Gasteiger partial charge in [-0.2, -0.15) is 0 Å². The molecule has 2 nitrogen and oxygen atoms in total. The molecule has 0 aliphatic rings. The highest BCUT2D eigenvalue weighted by Crippen LogP contribution is 2.30. The van der Waals surface area contributed by atoms with E-state index in [1.165, 1.54) is 22.1 Å². The van der Waals surface area contributed by atoms with Gasteiger partial charge in [-0.25, -0.2) is 0 Å². The number of fused-ring (bicyclic) bond motifs is 1. The lowest BCUT2D eigenvalue weighted by atomic mass is 10.0. The van der Waals surface area contributed by atoms with Crippen molar-refractivity contribution in [3.05, 3.63) is 34.6 Å². The molecule has 1 aromatic carbocycles. The molecule has 0 atom stereocenters.